The summed E-state index contributed by atoms with van der Waals surface area (Å²) in [6.07, 6.45) is 0. The Balaban J connectivity index is 1.07. The van der Waals surface area contributed by atoms with Gasteiger partial charge in [-0.3, -0.25) is 0 Å². The molecule has 0 fully saturated rings. The van der Waals surface area contributed by atoms with E-state index in [0.29, 0.717) is 17.5 Å². The second kappa shape index (κ2) is 11.9. The monoisotopic (exact) mass is 651 g/mol. The number of hydrogen-bond donors (Lipinski definition) is 0. The minimum atomic E-state index is 0.651. The van der Waals surface area contributed by atoms with Crippen molar-refractivity contribution in [2.75, 3.05) is 0 Å². The Hall–Kier alpha value is -6.91. The highest BCUT2D eigenvalue weighted by molar-refractivity contribution is 6.19. The van der Waals surface area contributed by atoms with Crippen LogP contribution in [0.1, 0.15) is 0 Å². The molecule has 0 spiro atoms. The van der Waals surface area contributed by atoms with Crippen LogP contribution in [0, 0.1) is 0 Å². The van der Waals surface area contributed by atoms with Gasteiger partial charge in [0.25, 0.3) is 0 Å². The molecule has 0 saturated carbocycles. The minimum Gasteiger partial charge on any atom is -0.456 e. The van der Waals surface area contributed by atoms with Crippen molar-refractivity contribution in [3.8, 4) is 56.4 Å². The van der Waals surface area contributed by atoms with Crippen LogP contribution in [0.5, 0.6) is 0 Å². The largest absolute Gasteiger partial charge is 0.456 e. The molecule has 238 valence electrons. The molecule has 0 aliphatic rings. The summed E-state index contributed by atoms with van der Waals surface area (Å²) in [4.78, 5) is 14.9. The van der Waals surface area contributed by atoms with Crippen molar-refractivity contribution in [2.45, 2.75) is 0 Å². The van der Waals surface area contributed by atoms with Crippen molar-refractivity contribution in [1.29, 1.82) is 0 Å². The van der Waals surface area contributed by atoms with Gasteiger partial charge in [-0.25, -0.2) is 15.0 Å². The van der Waals surface area contributed by atoms with Crippen LogP contribution in [0.15, 0.2) is 180 Å². The van der Waals surface area contributed by atoms with Crippen LogP contribution in [0.3, 0.4) is 0 Å². The zero-order valence-electron chi connectivity index (χ0n) is 27.5. The zero-order valence-corrected chi connectivity index (χ0v) is 27.5. The van der Waals surface area contributed by atoms with Crippen molar-refractivity contribution in [3.05, 3.63) is 176 Å². The number of rotatable bonds is 5. The molecule has 0 saturated heterocycles. The van der Waals surface area contributed by atoms with Gasteiger partial charge >= 0.3 is 0 Å². The van der Waals surface area contributed by atoms with E-state index < -0.39 is 0 Å². The van der Waals surface area contributed by atoms with Crippen molar-refractivity contribution in [1.82, 2.24) is 15.0 Å². The van der Waals surface area contributed by atoms with Crippen molar-refractivity contribution in [2.24, 2.45) is 0 Å². The number of aromatic nitrogens is 3. The van der Waals surface area contributed by atoms with Gasteiger partial charge in [-0.1, -0.05) is 146 Å². The Morgan fingerprint density at radius 3 is 1.51 bits per heavy atom. The van der Waals surface area contributed by atoms with Crippen LogP contribution >= 0.6 is 0 Å². The molecule has 0 aliphatic carbocycles. The summed E-state index contributed by atoms with van der Waals surface area (Å²) in [7, 11) is 0. The average molecular weight is 652 g/mol. The lowest BCUT2D eigenvalue weighted by Crippen LogP contribution is -2.00. The molecule has 0 unspecified atom stereocenters. The quantitative estimate of drug-likeness (QED) is 0.186. The second-order valence-corrected chi connectivity index (χ2v) is 12.8. The molecule has 0 N–H and O–H groups in total. The van der Waals surface area contributed by atoms with Crippen LogP contribution < -0.4 is 0 Å². The highest BCUT2D eigenvalue weighted by atomic mass is 16.3. The molecule has 2 heterocycles. The van der Waals surface area contributed by atoms with Gasteiger partial charge in [0.05, 0.1) is 0 Å². The second-order valence-electron chi connectivity index (χ2n) is 12.8. The predicted molar refractivity (Wildman–Crippen MR) is 209 cm³/mol. The lowest BCUT2D eigenvalue weighted by molar-refractivity contribution is 0.669. The highest BCUT2D eigenvalue weighted by Crippen LogP contribution is 2.39. The number of furan rings is 1. The molecule has 4 nitrogen and oxygen atoms in total. The number of nitrogens with zero attached hydrogens (tertiary/aromatic N) is 3. The fourth-order valence-corrected chi connectivity index (χ4v) is 7.18. The van der Waals surface area contributed by atoms with E-state index in [1.54, 1.807) is 0 Å². The number of benzene rings is 8. The molecular weight excluding hydrogens is 623 g/mol. The Bertz CT molecular complexity index is 2840. The van der Waals surface area contributed by atoms with Crippen LogP contribution in [-0.2, 0) is 0 Å². The highest BCUT2D eigenvalue weighted by Gasteiger charge is 2.16. The van der Waals surface area contributed by atoms with E-state index in [9.17, 15) is 0 Å². The molecular formula is C47H29N3O. The van der Waals surface area contributed by atoms with E-state index in [1.807, 2.05) is 66.7 Å². The fraction of sp³-hybridized carbons (Fsp3) is 0. The molecule has 0 amide bonds. The third kappa shape index (κ3) is 5.13. The first-order valence-electron chi connectivity index (χ1n) is 17.1. The Kier molecular flexibility index (Phi) is 6.78. The Morgan fingerprint density at radius 1 is 0.314 bits per heavy atom. The number of fused-ring (bicyclic) bond motifs is 6. The Labute approximate surface area is 294 Å². The molecule has 2 aromatic heterocycles. The SMILES string of the molecule is c1ccc(-c2ccc3oc4ccc5cc(-c6ccc7c(-c8nc(-c9ccccc9)nc(-c9ccccc9)n8)cccc7c6)ccc5c4c3c2)cc1. The molecule has 0 bridgehead atoms. The first kappa shape index (κ1) is 29.0. The maximum absolute atomic E-state index is 6.31. The predicted octanol–water partition coefficient (Wildman–Crippen LogP) is 12.4. The first-order chi connectivity index (χ1) is 25.2. The number of hydrogen-bond acceptors (Lipinski definition) is 4. The van der Waals surface area contributed by atoms with Crippen LogP contribution in [0.25, 0.3) is 99.9 Å². The smallest absolute Gasteiger partial charge is 0.164 e. The average Bonchev–Trinajstić information content (AvgIpc) is 3.59. The first-order valence-corrected chi connectivity index (χ1v) is 17.1. The standard InChI is InChI=1S/C47H29N3O/c1-4-11-30(12-5-1)35-21-25-42-41(29-35)44-39-24-20-34(28-37(39)22-26-43(44)51-42)33-19-23-38-36(27-33)17-10-18-40(38)47-49-45(31-13-6-2-7-14-31)48-46(50-47)32-15-8-3-9-16-32/h1-29H. The third-order valence-corrected chi connectivity index (χ3v) is 9.71. The topological polar surface area (TPSA) is 51.8 Å². The van der Waals surface area contributed by atoms with Crippen LogP contribution in [0.2, 0.25) is 0 Å². The van der Waals surface area contributed by atoms with Crippen molar-refractivity contribution >= 4 is 43.5 Å². The van der Waals surface area contributed by atoms with Gasteiger partial charge in [-0.15, -0.1) is 0 Å². The van der Waals surface area contributed by atoms with Gasteiger partial charge < -0.3 is 4.42 Å². The maximum Gasteiger partial charge on any atom is 0.164 e. The molecule has 0 radical (unpaired) electrons. The van der Waals surface area contributed by atoms with E-state index in [4.69, 9.17) is 19.4 Å². The lowest BCUT2D eigenvalue weighted by atomic mass is 9.95. The van der Waals surface area contributed by atoms with E-state index in [1.165, 1.54) is 21.9 Å². The van der Waals surface area contributed by atoms with Gasteiger partial charge in [0.15, 0.2) is 17.5 Å². The summed E-state index contributed by atoms with van der Waals surface area (Å²) in [6.45, 7) is 0. The normalized spacial score (nSPS) is 11.5. The third-order valence-electron chi connectivity index (χ3n) is 9.71. The molecule has 0 atom stereocenters. The van der Waals surface area contributed by atoms with E-state index in [0.717, 1.165) is 60.5 Å². The van der Waals surface area contributed by atoms with Gasteiger partial charge in [0, 0.05) is 27.5 Å². The lowest BCUT2D eigenvalue weighted by Gasteiger charge is -2.11. The molecule has 51 heavy (non-hydrogen) atoms. The van der Waals surface area contributed by atoms with Gasteiger partial charge in [0.1, 0.15) is 11.2 Å². The van der Waals surface area contributed by atoms with E-state index >= 15 is 0 Å². The molecule has 10 rings (SSSR count). The Morgan fingerprint density at radius 2 is 0.843 bits per heavy atom. The summed E-state index contributed by atoms with van der Waals surface area (Å²) >= 11 is 0. The van der Waals surface area contributed by atoms with Crippen LogP contribution in [-0.4, -0.2) is 15.0 Å². The molecule has 0 aliphatic heterocycles. The van der Waals surface area contributed by atoms with E-state index in [2.05, 4.69) is 109 Å². The fourth-order valence-electron chi connectivity index (χ4n) is 7.18. The summed E-state index contributed by atoms with van der Waals surface area (Å²) in [6, 6.07) is 61.1. The molecule has 10 aromatic rings. The summed E-state index contributed by atoms with van der Waals surface area (Å²) < 4.78 is 6.31. The van der Waals surface area contributed by atoms with Crippen molar-refractivity contribution < 1.29 is 4.42 Å². The molecule has 4 heteroatoms. The van der Waals surface area contributed by atoms with Gasteiger partial charge in [-0.05, 0) is 74.1 Å². The minimum absolute atomic E-state index is 0.651. The van der Waals surface area contributed by atoms with Gasteiger partial charge in [0.2, 0.25) is 0 Å². The molecule has 8 aromatic carbocycles. The summed E-state index contributed by atoms with van der Waals surface area (Å²) in [5.74, 6) is 1.96. The summed E-state index contributed by atoms with van der Waals surface area (Å²) in [5.41, 5.74) is 9.36. The van der Waals surface area contributed by atoms with Gasteiger partial charge in [-0.2, -0.15) is 0 Å². The van der Waals surface area contributed by atoms with E-state index in [-0.39, 0.29) is 0 Å². The summed E-state index contributed by atoms with van der Waals surface area (Å²) in [5, 5.41) is 6.85. The van der Waals surface area contributed by atoms with Crippen molar-refractivity contribution in [3.63, 3.8) is 0 Å². The zero-order chi connectivity index (χ0) is 33.7. The maximum atomic E-state index is 6.31. The van der Waals surface area contributed by atoms with Crippen LogP contribution in [0.4, 0.5) is 0 Å².